The maximum atomic E-state index is 11.3. The summed E-state index contributed by atoms with van der Waals surface area (Å²) < 4.78 is 27.1. The van der Waals surface area contributed by atoms with Crippen LogP contribution in [0.1, 0.15) is 32.1 Å². The molecule has 1 rings (SSSR count). The Morgan fingerprint density at radius 1 is 1.23 bits per heavy atom. The van der Waals surface area contributed by atoms with E-state index in [4.69, 9.17) is 0 Å². The van der Waals surface area contributed by atoms with E-state index in [1.165, 1.54) is 0 Å². The molecule has 0 aliphatic heterocycles. The molecule has 1 saturated carbocycles. The SMILES string of the molecule is C=COS(=O)(=O)C1CCCCC1.[KH]. The van der Waals surface area contributed by atoms with E-state index in [-0.39, 0.29) is 56.6 Å². The van der Waals surface area contributed by atoms with Gasteiger partial charge in [-0.25, -0.2) is 0 Å². The molecule has 72 valence electrons. The number of hydrogen-bond donors (Lipinski definition) is 0. The second kappa shape index (κ2) is 6.58. The molecule has 1 aliphatic carbocycles. The number of rotatable bonds is 3. The topological polar surface area (TPSA) is 43.4 Å². The van der Waals surface area contributed by atoms with Crippen LogP contribution in [-0.4, -0.2) is 65.1 Å². The van der Waals surface area contributed by atoms with Crippen LogP contribution in [0.15, 0.2) is 12.8 Å². The van der Waals surface area contributed by atoms with Crippen molar-refractivity contribution in [3.63, 3.8) is 0 Å². The predicted octanol–water partition coefficient (Wildman–Crippen LogP) is 1.16. The van der Waals surface area contributed by atoms with E-state index in [0.717, 1.165) is 38.4 Å². The molecule has 0 aromatic carbocycles. The Morgan fingerprint density at radius 3 is 2.23 bits per heavy atom. The molecule has 5 heteroatoms. The van der Waals surface area contributed by atoms with E-state index in [2.05, 4.69) is 10.8 Å². The van der Waals surface area contributed by atoms with Gasteiger partial charge < -0.3 is 4.18 Å². The molecular weight excluding hydrogens is 215 g/mol. The first-order valence-electron chi connectivity index (χ1n) is 4.20. The maximum absolute atomic E-state index is 11.3. The van der Waals surface area contributed by atoms with Crippen LogP contribution in [0.5, 0.6) is 0 Å². The molecule has 0 amide bonds. The minimum atomic E-state index is -3.35. The molecule has 0 saturated heterocycles. The average molecular weight is 230 g/mol. The molecule has 0 aromatic rings. The van der Waals surface area contributed by atoms with Gasteiger partial charge >= 0.3 is 61.5 Å². The van der Waals surface area contributed by atoms with Gasteiger partial charge in [0.25, 0.3) is 0 Å². The first kappa shape index (κ1) is 14.1. The second-order valence-electron chi connectivity index (χ2n) is 3.02. The van der Waals surface area contributed by atoms with Crippen LogP contribution in [0.2, 0.25) is 0 Å². The normalized spacial score (nSPS) is 18.8. The number of hydrogen-bond acceptors (Lipinski definition) is 3. The van der Waals surface area contributed by atoms with Gasteiger partial charge in [-0.2, -0.15) is 8.42 Å². The molecule has 0 unspecified atom stereocenters. The summed E-state index contributed by atoms with van der Waals surface area (Å²) in [5, 5.41) is -0.302. The second-order valence-corrected chi connectivity index (χ2v) is 4.86. The summed E-state index contributed by atoms with van der Waals surface area (Å²) in [5.41, 5.74) is 0. The Kier molecular flexibility index (Phi) is 7.15. The third-order valence-electron chi connectivity index (χ3n) is 2.16. The summed E-state index contributed by atoms with van der Waals surface area (Å²) in [6.07, 6.45) is 5.57. The molecule has 0 heterocycles. The van der Waals surface area contributed by atoms with Gasteiger partial charge in [0.1, 0.15) is 0 Å². The van der Waals surface area contributed by atoms with Crippen molar-refractivity contribution in [1.82, 2.24) is 0 Å². The van der Waals surface area contributed by atoms with Crippen molar-refractivity contribution in [2.24, 2.45) is 0 Å². The van der Waals surface area contributed by atoms with Crippen LogP contribution in [0.4, 0.5) is 0 Å². The first-order chi connectivity index (χ1) is 5.67. The van der Waals surface area contributed by atoms with Crippen molar-refractivity contribution in [3.05, 3.63) is 12.8 Å². The van der Waals surface area contributed by atoms with E-state index in [0.29, 0.717) is 0 Å². The zero-order chi connectivity index (χ0) is 9.03. The molecule has 0 spiro atoms. The molecule has 1 fully saturated rings. The van der Waals surface area contributed by atoms with E-state index >= 15 is 0 Å². The van der Waals surface area contributed by atoms with E-state index in [1.54, 1.807) is 0 Å². The predicted molar refractivity (Wildman–Crippen MR) is 54.2 cm³/mol. The molecule has 0 aromatic heterocycles. The average Bonchev–Trinajstić information content (AvgIpc) is 2.06. The fourth-order valence-electron chi connectivity index (χ4n) is 1.53. The van der Waals surface area contributed by atoms with Crippen LogP contribution < -0.4 is 0 Å². The van der Waals surface area contributed by atoms with Gasteiger partial charge in [0, 0.05) is 0 Å². The Labute approximate surface area is 122 Å². The molecule has 1 aliphatic rings. The van der Waals surface area contributed by atoms with Crippen molar-refractivity contribution in [2.75, 3.05) is 0 Å². The monoisotopic (exact) mass is 230 g/mol. The van der Waals surface area contributed by atoms with E-state index in [1.807, 2.05) is 0 Å². The van der Waals surface area contributed by atoms with Crippen molar-refractivity contribution < 1.29 is 12.6 Å². The summed E-state index contributed by atoms with van der Waals surface area (Å²) >= 11 is 0. The first-order valence-corrected chi connectivity index (χ1v) is 5.67. The van der Waals surface area contributed by atoms with Gasteiger partial charge in [-0.3, -0.25) is 0 Å². The Hall–Kier alpha value is 1.13. The van der Waals surface area contributed by atoms with Crippen molar-refractivity contribution in [2.45, 2.75) is 37.4 Å². The summed E-state index contributed by atoms with van der Waals surface area (Å²) in [6.45, 7) is 3.24. The Balaban J connectivity index is 0.00000144. The molecular formula is C8H15KO3S. The van der Waals surface area contributed by atoms with E-state index < -0.39 is 10.1 Å². The summed E-state index contributed by atoms with van der Waals surface area (Å²) in [7, 11) is -3.35. The molecule has 0 N–H and O–H groups in total. The minimum absolute atomic E-state index is 0. The van der Waals surface area contributed by atoms with Gasteiger partial charge in [-0.05, 0) is 12.8 Å². The standard InChI is InChI=1S/C8H14O3S.K.H/c1-2-11-12(9,10)8-6-4-3-5-7-8;;/h2,8H,1,3-7H2;;. The van der Waals surface area contributed by atoms with Crippen LogP contribution in [0.3, 0.4) is 0 Å². The summed E-state index contributed by atoms with van der Waals surface area (Å²) in [5.74, 6) is 0. The van der Waals surface area contributed by atoms with Crippen molar-refractivity contribution >= 4 is 61.5 Å². The summed E-state index contributed by atoms with van der Waals surface area (Å²) in [6, 6.07) is 0. The van der Waals surface area contributed by atoms with Gasteiger partial charge in [-0.1, -0.05) is 25.8 Å². The molecule has 0 radical (unpaired) electrons. The fraction of sp³-hybridized carbons (Fsp3) is 0.750. The van der Waals surface area contributed by atoms with Crippen LogP contribution >= 0.6 is 0 Å². The van der Waals surface area contributed by atoms with Gasteiger partial charge in [0.05, 0.1) is 11.5 Å². The van der Waals surface area contributed by atoms with Gasteiger partial charge in [-0.15, -0.1) is 0 Å². The molecule has 13 heavy (non-hydrogen) atoms. The molecule has 0 bridgehead atoms. The zero-order valence-electron chi connectivity index (χ0n) is 7.03. The van der Waals surface area contributed by atoms with Crippen molar-refractivity contribution in [1.29, 1.82) is 0 Å². The van der Waals surface area contributed by atoms with Crippen LogP contribution in [0.25, 0.3) is 0 Å². The van der Waals surface area contributed by atoms with Gasteiger partial charge in [0.15, 0.2) is 0 Å². The Morgan fingerprint density at radius 2 is 1.77 bits per heavy atom. The Bertz CT molecular complexity index is 242. The van der Waals surface area contributed by atoms with Crippen LogP contribution in [0, 0.1) is 0 Å². The van der Waals surface area contributed by atoms with Gasteiger partial charge in [0.2, 0.25) is 0 Å². The third kappa shape index (κ3) is 4.44. The third-order valence-corrected chi connectivity index (χ3v) is 3.85. The van der Waals surface area contributed by atoms with E-state index in [9.17, 15) is 8.42 Å². The molecule has 3 nitrogen and oxygen atoms in total. The zero-order valence-corrected chi connectivity index (χ0v) is 7.85. The summed E-state index contributed by atoms with van der Waals surface area (Å²) in [4.78, 5) is 0. The quantitative estimate of drug-likeness (QED) is 0.415. The van der Waals surface area contributed by atoms with Crippen LogP contribution in [-0.2, 0) is 14.3 Å². The fourth-order valence-corrected chi connectivity index (χ4v) is 2.78. The molecule has 0 atom stereocenters. The van der Waals surface area contributed by atoms with Crippen molar-refractivity contribution in [3.8, 4) is 0 Å².